The molecule has 1 aromatic heterocycles. The van der Waals surface area contributed by atoms with Gasteiger partial charge in [0.1, 0.15) is 10.0 Å². The number of morpholine rings is 1. The van der Waals surface area contributed by atoms with Gasteiger partial charge in [0.05, 0.1) is 13.2 Å². The summed E-state index contributed by atoms with van der Waals surface area (Å²) in [6.07, 6.45) is 1.26. The highest BCUT2D eigenvalue weighted by molar-refractivity contribution is 7.89. The fourth-order valence-corrected chi connectivity index (χ4v) is 3.42. The van der Waals surface area contributed by atoms with Gasteiger partial charge in [0.15, 0.2) is 0 Å². The van der Waals surface area contributed by atoms with Crippen LogP contribution in [0.3, 0.4) is 0 Å². The van der Waals surface area contributed by atoms with Crippen molar-refractivity contribution in [3.05, 3.63) is 23.5 Å². The Morgan fingerprint density at radius 3 is 2.62 bits per heavy atom. The molecule has 1 aromatic rings. The van der Waals surface area contributed by atoms with Gasteiger partial charge in [-0.05, 0) is 26.0 Å². The van der Waals surface area contributed by atoms with Crippen LogP contribution in [0.25, 0.3) is 0 Å². The predicted octanol–water partition coefficient (Wildman–Crippen LogP) is 1.12. The van der Waals surface area contributed by atoms with E-state index in [1.807, 2.05) is 13.8 Å². The summed E-state index contributed by atoms with van der Waals surface area (Å²) >= 11 is 5.67. The summed E-state index contributed by atoms with van der Waals surface area (Å²) in [5.74, 6) is 0. The van der Waals surface area contributed by atoms with E-state index >= 15 is 0 Å². The summed E-state index contributed by atoms with van der Waals surface area (Å²) in [4.78, 5) is 6.14. The maximum Gasteiger partial charge on any atom is 0.242 e. The van der Waals surface area contributed by atoms with Crippen LogP contribution in [0.4, 0.5) is 0 Å². The van der Waals surface area contributed by atoms with Crippen molar-refractivity contribution in [2.45, 2.75) is 24.3 Å². The molecule has 6 nitrogen and oxygen atoms in total. The van der Waals surface area contributed by atoms with E-state index in [0.717, 1.165) is 13.1 Å². The lowest BCUT2D eigenvalue weighted by Gasteiger charge is -2.40. The molecular weight excluding hydrogens is 314 g/mol. The first-order valence-corrected chi connectivity index (χ1v) is 8.61. The fourth-order valence-electron chi connectivity index (χ4n) is 2.16. The van der Waals surface area contributed by atoms with Crippen LogP contribution in [0.2, 0.25) is 5.15 Å². The number of nitrogens with zero attached hydrogens (tertiary/aromatic N) is 2. The number of pyridine rings is 1. The quantitative estimate of drug-likeness (QED) is 0.818. The zero-order chi connectivity index (χ0) is 15.5. The van der Waals surface area contributed by atoms with E-state index in [2.05, 4.69) is 14.6 Å². The lowest BCUT2D eigenvalue weighted by molar-refractivity contribution is -0.00803. The maximum atomic E-state index is 12.2. The van der Waals surface area contributed by atoms with Gasteiger partial charge >= 0.3 is 0 Å². The van der Waals surface area contributed by atoms with Crippen LogP contribution in [0.15, 0.2) is 23.2 Å². The van der Waals surface area contributed by atoms with Crippen LogP contribution < -0.4 is 4.72 Å². The zero-order valence-electron chi connectivity index (χ0n) is 12.2. The Kier molecular flexibility index (Phi) is 5.21. The molecule has 1 saturated heterocycles. The third-order valence-electron chi connectivity index (χ3n) is 3.57. The number of rotatable bonds is 5. The van der Waals surface area contributed by atoms with Crippen molar-refractivity contribution in [3.8, 4) is 0 Å². The molecular formula is C13H20ClN3O3S. The summed E-state index contributed by atoms with van der Waals surface area (Å²) in [5, 5.41) is 0.266. The molecule has 0 amide bonds. The Labute approximate surface area is 130 Å². The summed E-state index contributed by atoms with van der Waals surface area (Å²) in [7, 11) is -3.58. The van der Waals surface area contributed by atoms with E-state index in [0.29, 0.717) is 19.8 Å². The van der Waals surface area contributed by atoms with E-state index in [9.17, 15) is 8.42 Å². The van der Waals surface area contributed by atoms with Gasteiger partial charge in [0, 0.05) is 31.4 Å². The maximum absolute atomic E-state index is 12.2. The molecule has 1 aliphatic heterocycles. The summed E-state index contributed by atoms with van der Waals surface area (Å²) in [6, 6.07) is 2.91. The second kappa shape index (κ2) is 6.58. The molecule has 0 aliphatic carbocycles. The molecule has 0 spiro atoms. The van der Waals surface area contributed by atoms with Crippen molar-refractivity contribution < 1.29 is 13.2 Å². The average Bonchev–Trinajstić information content (AvgIpc) is 2.47. The Morgan fingerprint density at radius 1 is 1.38 bits per heavy atom. The number of nitrogens with one attached hydrogen (secondary N) is 1. The molecule has 1 N–H and O–H groups in total. The average molecular weight is 334 g/mol. The molecule has 21 heavy (non-hydrogen) atoms. The molecule has 0 atom stereocenters. The van der Waals surface area contributed by atoms with E-state index in [-0.39, 0.29) is 15.6 Å². The molecule has 0 bridgehead atoms. The van der Waals surface area contributed by atoms with Crippen molar-refractivity contribution >= 4 is 21.6 Å². The van der Waals surface area contributed by atoms with E-state index < -0.39 is 10.0 Å². The van der Waals surface area contributed by atoms with Crippen molar-refractivity contribution in [2.75, 3.05) is 32.8 Å². The first-order valence-electron chi connectivity index (χ1n) is 6.75. The number of aromatic nitrogens is 1. The lowest BCUT2D eigenvalue weighted by atomic mass is 10.0. The van der Waals surface area contributed by atoms with Crippen LogP contribution in [-0.2, 0) is 14.8 Å². The molecule has 0 unspecified atom stereocenters. The Morgan fingerprint density at radius 2 is 2.05 bits per heavy atom. The van der Waals surface area contributed by atoms with Crippen molar-refractivity contribution in [2.24, 2.45) is 0 Å². The molecule has 0 aromatic carbocycles. The predicted molar refractivity (Wildman–Crippen MR) is 80.9 cm³/mol. The van der Waals surface area contributed by atoms with Crippen LogP contribution in [-0.4, -0.2) is 56.7 Å². The van der Waals surface area contributed by atoms with Gasteiger partial charge in [-0.15, -0.1) is 0 Å². The number of ether oxygens (including phenoxy) is 1. The fraction of sp³-hybridized carbons (Fsp3) is 0.615. The highest BCUT2D eigenvalue weighted by Gasteiger charge is 2.30. The van der Waals surface area contributed by atoms with Gasteiger partial charge < -0.3 is 4.74 Å². The van der Waals surface area contributed by atoms with Gasteiger partial charge in [-0.1, -0.05) is 11.6 Å². The lowest BCUT2D eigenvalue weighted by Crippen LogP contribution is -2.55. The van der Waals surface area contributed by atoms with Gasteiger partial charge in [0.2, 0.25) is 10.0 Å². The molecule has 0 radical (unpaired) electrons. The Balaban J connectivity index is 2.01. The topological polar surface area (TPSA) is 71.5 Å². The van der Waals surface area contributed by atoms with Crippen molar-refractivity contribution in [3.63, 3.8) is 0 Å². The number of hydrogen-bond donors (Lipinski definition) is 1. The third kappa shape index (κ3) is 4.37. The van der Waals surface area contributed by atoms with Gasteiger partial charge in [-0.3, -0.25) is 4.90 Å². The van der Waals surface area contributed by atoms with Crippen LogP contribution >= 0.6 is 11.6 Å². The third-order valence-corrected chi connectivity index (χ3v) is 5.18. The molecule has 0 saturated carbocycles. The SMILES string of the molecule is CC(C)(CNS(=O)(=O)c1ccc(Cl)nc1)N1CCOCC1. The minimum Gasteiger partial charge on any atom is -0.379 e. The van der Waals surface area contributed by atoms with Gasteiger partial charge in [-0.2, -0.15) is 0 Å². The minimum atomic E-state index is -3.58. The summed E-state index contributed by atoms with van der Waals surface area (Å²) < 4.78 is 32.4. The van der Waals surface area contributed by atoms with Crippen LogP contribution in [0, 0.1) is 0 Å². The monoisotopic (exact) mass is 333 g/mol. The van der Waals surface area contributed by atoms with Crippen molar-refractivity contribution in [1.82, 2.24) is 14.6 Å². The number of sulfonamides is 1. The minimum absolute atomic E-state index is 0.115. The summed E-state index contributed by atoms with van der Waals surface area (Å²) in [5.41, 5.74) is -0.281. The van der Waals surface area contributed by atoms with Gasteiger partial charge in [0.25, 0.3) is 0 Å². The van der Waals surface area contributed by atoms with Crippen LogP contribution in [0.5, 0.6) is 0 Å². The number of halogens is 1. The largest absolute Gasteiger partial charge is 0.379 e. The summed E-state index contributed by atoms with van der Waals surface area (Å²) in [6.45, 7) is 7.31. The standard InChI is InChI=1S/C13H20ClN3O3S/c1-13(2,17-5-7-20-8-6-17)10-16-21(18,19)11-3-4-12(14)15-9-11/h3-4,9,16H,5-8,10H2,1-2H3. The molecule has 2 rings (SSSR count). The van der Waals surface area contributed by atoms with E-state index in [1.165, 1.54) is 18.3 Å². The van der Waals surface area contributed by atoms with Crippen molar-refractivity contribution in [1.29, 1.82) is 0 Å². The first-order chi connectivity index (χ1) is 9.81. The zero-order valence-corrected chi connectivity index (χ0v) is 13.7. The highest BCUT2D eigenvalue weighted by atomic mass is 35.5. The van der Waals surface area contributed by atoms with E-state index in [4.69, 9.17) is 16.3 Å². The second-order valence-electron chi connectivity index (χ2n) is 5.55. The molecule has 2 heterocycles. The molecule has 1 fully saturated rings. The molecule has 118 valence electrons. The molecule has 8 heteroatoms. The Bertz CT molecular complexity index is 569. The van der Waals surface area contributed by atoms with Crippen LogP contribution in [0.1, 0.15) is 13.8 Å². The highest BCUT2D eigenvalue weighted by Crippen LogP contribution is 2.17. The normalized spacial score (nSPS) is 17.9. The molecule has 1 aliphatic rings. The number of hydrogen-bond acceptors (Lipinski definition) is 5. The second-order valence-corrected chi connectivity index (χ2v) is 7.71. The Hall–Kier alpha value is -0.730. The van der Waals surface area contributed by atoms with Gasteiger partial charge in [-0.25, -0.2) is 18.1 Å². The van der Waals surface area contributed by atoms with E-state index in [1.54, 1.807) is 0 Å². The smallest absolute Gasteiger partial charge is 0.242 e. The first kappa shape index (κ1) is 16.6.